The number of carbonyl (C=O) groups is 1. The Morgan fingerprint density at radius 1 is 1.19 bits per heavy atom. The van der Waals surface area contributed by atoms with Crippen molar-refractivity contribution < 1.29 is 31.5 Å². The molecule has 1 unspecified atom stereocenters. The van der Waals surface area contributed by atoms with Crippen molar-refractivity contribution in [3.63, 3.8) is 0 Å². The summed E-state index contributed by atoms with van der Waals surface area (Å²) in [5, 5.41) is 8.42. The lowest BCUT2D eigenvalue weighted by molar-refractivity contribution is -0.201. The summed E-state index contributed by atoms with van der Waals surface area (Å²) < 4.78 is 63.3. The van der Waals surface area contributed by atoms with E-state index >= 15 is 0 Å². The van der Waals surface area contributed by atoms with Crippen molar-refractivity contribution in [3.05, 3.63) is 28.2 Å². The van der Waals surface area contributed by atoms with Crippen LogP contribution >= 0.6 is 23.2 Å². The van der Waals surface area contributed by atoms with Gasteiger partial charge in [0.1, 0.15) is 0 Å². The fourth-order valence-corrected chi connectivity index (χ4v) is 3.31. The van der Waals surface area contributed by atoms with Crippen LogP contribution < -0.4 is 4.72 Å². The Kier molecular flexibility index (Phi) is 4.84. The zero-order chi connectivity index (χ0) is 16.6. The van der Waals surface area contributed by atoms with Gasteiger partial charge in [0.2, 0.25) is 15.6 Å². The van der Waals surface area contributed by atoms with E-state index in [0.717, 1.165) is 16.9 Å². The maximum Gasteiger partial charge on any atom is 0.418 e. The number of halogens is 5. The van der Waals surface area contributed by atoms with E-state index in [9.17, 15) is 26.4 Å². The molecule has 1 atom stereocenters. The number of hydrogen-bond acceptors (Lipinski definition) is 3. The molecule has 0 amide bonds. The van der Waals surface area contributed by atoms with Gasteiger partial charge in [-0.25, -0.2) is 13.2 Å². The minimum Gasteiger partial charge on any atom is -0.480 e. The molecule has 1 aromatic carbocycles. The summed E-state index contributed by atoms with van der Waals surface area (Å²) in [6.45, 7) is 0.193. The first-order chi connectivity index (χ1) is 9.29. The molecule has 0 saturated carbocycles. The Bertz CT molecular complexity index is 657. The zero-order valence-corrected chi connectivity index (χ0v) is 12.5. The predicted molar refractivity (Wildman–Crippen MR) is 68.9 cm³/mol. The van der Waals surface area contributed by atoms with Gasteiger partial charge in [0.05, 0.1) is 4.90 Å². The van der Waals surface area contributed by atoms with Crippen LogP contribution in [-0.2, 0) is 14.8 Å². The maximum absolute atomic E-state index is 12.8. The third-order valence-corrected chi connectivity index (χ3v) is 4.45. The molecule has 0 spiro atoms. The summed E-state index contributed by atoms with van der Waals surface area (Å²) in [5.41, 5.74) is -3.69. The largest absolute Gasteiger partial charge is 0.480 e. The Morgan fingerprint density at radius 2 is 1.62 bits per heavy atom. The second-order valence-corrected chi connectivity index (χ2v) is 6.69. The van der Waals surface area contributed by atoms with Crippen molar-refractivity contribution in [1.82, 2.24) is 4.72 Å². The summed E-state index contributed by atoms with van der Waals surface area (Å²) in [5.74, 6) is -2.40. The average molecular weight is 366 g/mol. The minimum absolute atomic E-state index is 0.132. The van der Waals surface area contributed by atoms with Crippen molar-refractivity contribution >= 4 is 39.2 Å². The third kappa shape index (κ3) is 3.79. The Hall–Kier alpha value is -1.03. The average Bonchev–Trinajstić information content (AvgIpc) is 2.25. The van der Waals surface area contributed by atoms with Gasteiger partial charge in [0.25, 0.3) is 0 Å². The van der Waals surface area contributed by atoms with Crippen molar-refractivity contribution in [3.8, 4) is 0 Å². The number of alkyl halides is 3. The van der Waals surface area contributed by atoms with Crippen LogP contribution in [0, 0.1) is 0 Å². The highest BCUT2D eigenvalue weighted by Crippen LogP contribution is 2.32. The van der Waals surface area contributed by atoms with Crippen molar-refractivity contribution in [2.24, 2.45) is 0 Å². The summed E-state index contributed by atoms with van der Waals surface area (Å²) in [4.78, 5) is 10.1. The number of rotatable bonds is 4. The van der Waals surface area contributed by atoms with Gasteiger partial charge >= 0.3 is 12.1 Å². The van der Waals surface area contributed by atoms with E-state index in [1.165, 1.54) is 6.07 Å². The molecule has 11 heteroatoms. The van der Waals surface area contributed by atoms with Gasteiger partial charge in [-0.2, -0.15) is 17.9 Å². The number of nitrogens with one attached hydrogen (secondary N) is 1. The van der Waals surface area contributed by atoms with Crippen LogP contribution in [0.15, 0.2) is 23.1 Å². The second-order valence-electron chi connectivity index (χ2n) is 4.14. The first-order valence-electron chi connectivity index (χ1n) is 5.10. The van der Waals surface area contributed by atoms with E-state index in [-0.39, 0.29) is 17.0 Å². The SMILES string of the molecule is CC(NS(=O)(=O)c1cc(Cl)cc(Cl)c1)(C(=O)O)C(F)(F)F. The number of aliphatic carboxylic acids is 1. The molecule has 0 aliphatic carbocycles. The molecule has 0 radical (unpaired) electrons. The van der Waals surface area contributed by atoms with Crippen molar-refractivity contribution in [2.45, 2.75) is 23.5 Å². The standard InChI is InChI=1S/C10H8Cl2F3NO4S/c1-9(8(17)18,10(13,14)15)16-21(19,20)7-3-5(11)2-6(12)4-7/h2-4,16H,1H3,(H,17,18). The molecular formula is C10H8Cl2F3NO4S. The van der Waals surface area contributed by atoms with Gasteiger partial charge < -0.3 is 5.11 Å². The van der Waals surface area contributed by atoms with E-state index in [1.54, 1.807) is 0 Å². The molecule has 21 heavy (non-hydrogen) atoms. The summed E-state index contributed by atoms with van der Waals surface area (Å²) in [7, 11) is -4.81. The van der Waals surface area contributed by atoms with E-state index in [0.29, 0.717) is 0 Å². The highest BCUT2D eigenvalue weighted by Gasteiger charge is 2.59. The van der Waals surface area contributed by atoms with Gasteiger partial charge in [-0.05, 0) is 25.1 Å². The van der Waals surface area contributed by atoms with Crippen LogP contribution in [0.5, 0.6) is 0 Å². The molecule has 0 bridgehead atoms. The molecule has 0 heterocycles. The Balaban J connectivity index is 3.35. The van der Waals surface area contributed by atoms with E-state index < -0.39 is 32.6 Å². The van der Waals surface area contributed by atoms with Gasteiger partial charge in [-0.1, -0.05) is 23.2 Å². The molecule has 0 aromatic heterocycles. The second kappa shape index (κ2) is 5.64. The topological polar surface area (TPSA) is 83.5 Å². The smallest absolute Gasteiger partial charge is 0.418 e. The summed E-state index contributed by atoms with van der Waals surface area (Å²) in [6, 6.07) is 2.85. The monoisotopic (exact) mass is 365 g/mol. The molecule has 1 aromatic rings. The number of carboxylic acids is 1. The predicted octanol–water partition coefficient (Wildman–Crippen LogP) is 2.68. The fraction of sp³-hybridized carbons (Fsp3) is 0.300. The molecule has 0 aliphatic rings. The van der Waals surface area contributed by atoms with Crippen LogP contribution in [0.4, 0.5) is 13.2 Å². The number of sulfonamides is 1. The van der Waals surface area contributed by atoms with Crippen LogP contribution in [0.25, 0.3) is 0 Å². The third-order valence-electron chi connectivity index (χ3n) is 2.48. The first kappa shape index (κ1) is 18.0. The molecular weight excluding hydrogens is 358 g/mol. The molecule has 0 fully saturated rings. The zero-order valence-electron chi connectivity index (χ0n) is 10.2. The summed E-state index contributed by atoms with van der Waals surface area (Å²) >= 11 is 11.1. The van der Waals surface area contributed by atoms with E-state index in [1.807, 2.05) is 0 Å². The molecule has 0 saturated heterocycles. The van der Waals surface area contributed by atoms with E-state index in [4.69, 9.17) is 28.3 Å². The first-order valence-corrected chi connectivity index (χ1v) is 7.34. The fourth-order valence-electron chi connectivity index (χ4n) is 1.23. The van der Waals surface area contributed by atoms with Crippen LogP contribution in [0.1, 0.15) is 6.92 Å². The Morgan fingerprint density at radius 3 is 1.95 bits per heavy atom. The van der Waals surface area contributed by atoms with Crippen LogP contribution in [-0.4, -0.2) is 31.2 Å². The minimum atomic E-state index is -5.35. The van der Waals surface area contributed by atoms with Crippen molar-refractivity contribution in [2.75, 3.05) is 0 Å². The number of benzene rings is 1. The molecule has 2 N–H and O–H groups in total. The van der Waals surface area contributed by atoms with Gasteiger partial charge in [-0.3, -0.25) is 0 Å². The molecule has 118 valence electrons. The quantitative estimate of drug-likeness (QED) is 0.858. The molecule has 1 rings (SSSR count). The van der Waals surface area contributed by atoms with Gasteiger partial charge in [-0.15, -0.1) is 0 Å². The number of hydrogen-bond donors (Lipinski definition) is 2. The highest BCUT2D eigenvalue weighted by atomic mass is 35.5. The van der Waals surface area contributed by atoms with Crippen LogP contribution in [0.3, 0.4) is 0 Å². The summed E-state index contributed by atoms with van der Waals surface area (Å²) in [6.07, 6.45) is -5.35. The molecule has 0 aliphatic heterocycles. The lowest BCUT2D eigenvalue weighted by Gasteiger charge is -2.28. The Labute approximate surface area is 127 Å². The van der Waals surface area contributed by atoms with E-state index in [2.05, 4.69) is 0 Å². The lowest BCUT2D eigenvalue weighted by Crippen LogP contribution is -2.61. The van der Waals surface area contributed by atoms with Crippen molar-refractivity contribution in [1.29, 1.82) is 0 Å². The number of carboxylic acid groups (broad SMARTS) is 1. The highest BCUT2D eigenvalue weighted by molar-refractivity contribution is 7.89. The maximum atomic E-state index is 12.8. The lowest BCUT2D eigenvalue weighted by atomic mass is 10.0. The van der Waals surface area contributed by atoms with Gasteiger partial charge in [0.15, 0.2) is 0 Å². The van der Waals surface area contributed by atoms with Gasteiger partial charge in [0, 0.05) is 10.0 Å². The van der Waals surface area contributed by atoms with Crippen LogP contribution in [0.2, 0.25) is 10.0 Å². The molecule has 5 nitrogen and oxygen atoms in total. The normalized spacial score (nSPS) is 15.5.